The Bertz CT molecular complexity index is 735. The molecule has 0 spiro atoms. The van der Waals surface area contributed by atoms with E-state index in [2.05, 4.69) is 32.4 Å². The third-order valence-corrected chi connectivity index (χ3v) is 3.62. The van der Waals surface area contributed by atoms with Crippen molar-refractivity contribution in [2.24, 2.45) is 0 Å². The summed E-state index contributed by atoms with van der Waals surface area (Å²) in [5, 5.41) is 3.08. The second-order valence-corrected chi connectivity index (χ2v) is 5.36. The molecule has 23 heavy (non-hydrogen) atoms. The summed E-state index contributed by atoms with van der Waals surface area (Å²) in [5.74, 6) is 1.80. The molecule has 5 nitrogen and oxygen atoms in total. The molecule has 1 aromatic carbocycles. The number of nitrogens with zero attached hydrogens (tertiary/aromatic N) is 2. The number of aryl methyl sites for hydroxylation is 1. The number of pyridine rings is 1. The lowest BCUT2D eigenvalue weighted by Gasteiger charge is -1.97. The van der Waals surface area contributed by atoms with Gasteiger partial charge in [0.05, 0.1) is 11.0 Å². The summed E-state index contributed by atoms with van der Waals surface area (Å²) in [7, 11) is 1.91. The number of aromatic nitrogens is 3. The van der Waals surface area contributed by atoms with E-state index in [-0.39, 0.29) is 0 Å². The van der Waals surface area contributed by atoms with Crippen LogP contribution in [0.5, 0.6) is 0 Å². The SMILES string of the molecule is C=O.CNc1ccc2nc(C)[nH]c2c1.c1cncc(C2CC2)c1. The summed E-state index contributed by atoms with van der Waals surface area (Å²) < 4.78 is 0. The van der Waals surface area contributed by atoms with Crippen molar-refractivity contribution in [1.82, 2.24) is 15.0 Å². The Labute approximate surface area is 136 Å². The third kappa shape index (κ3) is 4.64. The largest absolute Gasteiger partial charge is 0.388 e. The number of H-pyrrole nitrogens is 1. The van der Waals surface area contributed by atoms with E-state index >= 15 is 0 Å². The number of benzene rings is 1. The minimum Gasteiger partial charge on any atom is -0.388 e. The number of carbonyl (C=O) groups excluding carboxylic acids is 1. The normalized spacial score (nSPS) is 12.6. The highest BCUT2D eigenvalue weighted by Gasteiger charge is 2.22. The molecule has 3 aromatic rings. The second-order valence-electron chi connectivity index (χ2n) is 5.36. The third-order valence-electron chi connectivity index (χ3n) is 3.62. The molecule has 0 aliphatic heterocycles. The van der Waals surface area contributed by atoms with Gasteiger partial charge in [-0.25, -0.2) is 4.98 Å². The highest BCUT2D eigenvalue weighted by atomic mass is 16.1. The second kappa shape index (κ2) is 8.08. The molecule has 0 saturated heterocycles. The molecule has 1 fully saturated rings. The molecule has 0 bridgehead atoms. The number of anilines is 1. The number of hydrogen-bond acceptors (Lipinski definition) is 4. The lowest BCUT2D eigenvalue weighted by molar-refractivity contribution is -0.0979. The van der Waals surface area contributed by atoms with Crippen molar-refractivity contribution < 1.29 is 4.79 Å². The number of carbonyl (C=O) groups is 1. The van der Waals surface area contributed by atoms with Gasteiger partial charge in [0.25, 0.3) is 0 Å². The van der Waals surface area contributed by atoms with Gasteiger partial charge in [0.15, 0.2) is 0 Å². The van der Waals surface area contributed by atoms with E-state index < -0.39 is 0 Å². The van der Waals surface area contributed by atoms with Crippen molar-refractivity contribution in [3.05, 3.63) is 54.1 Å². The van der Waals surface area contributed by atoms with Crippen LogP contribution in [0.25, 0.3) is 11.0 Å². The molecule has 120 valence electrons. The van der Waals surface area contributed by atoms with Crippen molar-refractivity contribution in [2.75, 3.05) is 12.4 Å². The van der Waals surface area contributed by atoms with Crippen molar-refractivity contribution in [3.63, 3.8) is 0 Å². The van der Waals surface area contributed by atoms with Crippen LogP contribution in [0.2, 0.25) is 0 Å². The number of hydrogen-bond donors (Lipinski definition) is 2. The predicted octanol–water partition coefficient (Wildman–Crippen LogP) is 3.69. The minimum absolute atomic E-state index is 0.846. The zero-order valence-electron chi connectivity index (χ0n) is 13.5. The van der Waals surface area contributed by atoms with E-state index in [9.17, 15) is 0 Å². The van der Waals surface area contributed by atoms with Crippen molar-refractivity contribution in [1.29, 1.82) is 0 Å². The summed E-state index contributed by atoms with van der Waals surface area (Å²) >= 11 is 0. The van der Waals surface area contributed by atoms with Gasteiger partial charge < -0.3 is 15.1 Å². The number of aromatic amines is 1. The molecule has 0 radical (unpaired) electrons. The molecule has 1 saturated carbocycles. The lowest BCUT2D eigenvalue weighted by atomic mass is 10.2. The Balaban J connectivity index is 0.000000155. The smallest absolute Gasteiger partial charge is 0.106 e. The van der Waals surface area contributed by atoms with Crippen LogP contribution in [0.4, 0.5) is 5.69 Å². The Hall–Kier alpha value is -2.69. The lowest BCUT2D eigenvalue weighted by Crippen LogP contribution is -1.86. The number of imidazole rings is 1. The molecule has 0 atom stereocenters. The monoisotopic (exact) mass is 310 g/mol. The summed E-state index contributed by atoms with van der Waals surface area (Å²) in [5.41, 5.74) is 4.62. The van der Waals surface area contributed by atoms with Crippen LogP contribution < -0.4 is 5.32 Å². The molecule has 0 unspecified atom stereocenters. The highest BCUT2D eigenvalue weighted by molar-refractivity contribution is 5.79. The van der Waals surface area contributed by atoms with E-state index in [1.807, 2.05) is 51.4 Å². The van der Waals surface area contributed by atoms with Gasteiger partial charge in [-0.3, -0.25) is 4.98 Å². The number of fused-ring (bicyclic) bond motifs is 1. The first-order valence-corrected chi connectivity index (χ1v) is 7.59. The fourth-order valence-corrected chi connectivity index (χ4v) is 2.33. The molecule has 2 heterocycles. The van der Waals surface area contributed by atoms with E-state index in [0.29, 0.717) is 0 Å². The maximum absolute atomic E-state index is 8.00. The highest BCUT2D eigenvalue weighted by Crippen LogP contribution is 2.39. The van der Waals surface area contributed by atoms with Gasteiger partial charge in [-0.15, -0.1) is 0 Å². The first kappa shape index (κ1) is 16.7. The van der Waals surface area contributed by atoms with Crippen LogP contribution in [-0.2, 0) is 4.79 Å². The molecule has 0 amide bonds. The van der Waals surface area contributed by atoms with E-state index in [0.717, 1.165) is 28.5 Å². The Morgan fingerprint density at radius 3 is 2.65 bits per heavy atom. The first-order valence-electron chi connectivity index (χ1n) is 7.59. The molecule has 2 aromatic heterocycles. The fourth-order valence-electron chi connectivity index (χ4n) is 2.33. The average Bonchev–Trinajstić information content (AvgIpc) is 3.39. The summed E-state index contributed by atoms with van der Waals surface area (Å²) in [6, 6.07) is 10.2. The number of rotatable bonds is 2. The molecule has 4 rings (SSSR count). The first-order chi connectivity index (χ1) is 11.3. The zero-order chi connectivity index (χ0) is 16.7. The van der Waals surface area contributed by atoms with Gasteiger partial charge in [-0.2, -0.15) is 0 Å². The van der Waals surface area contributed by atoms with E-state index in [1.54, 1.807) is 0 Å². The van der Waals surface area contributed by atoms with Gasteiger partial charge in [0.1, 0.15) is 12.6 Å². The molecule has 1 aliphatic carbocycles. The maximum Gasteiger partial charge on any atom is 0.106 e. The standard InChI is InChI=1S/C9H11N3.C8H9N.CH2O/c1-6-11-8-4-3-7(10-2)5-9(8)12-6;1-2-8(6-9-5-1)7-3-4-7;1-2/h3-5,10H,1-2H3,(H,11,12);1-2,5-7H,3-4H2;1H2. The van der Waals surface area contributed by atoms with Crippen molar-refractivity contribution in [2.45, 2.75) is 25.7 Å². The van der Waals surface area contributed by atoms with Gasteiger partial charge >= 0.3 is 0 Å². The van der Waals surface area contributed by atoms with Crippen molar-refractivity contribution >= 4 is 23.5 Å². The summed E-state index contributed by atoms with van der Waals surface area (Å²) in [4.78, 5) is 19.5. The van der Waals surface area contributed by atoms with E-state index in [1.165, 1.54) is 18.4 Å². The van der Waals surface area contributed by atoms with Gasteiger partial charge in [0.2, 0.25) is 0 Å². The average molecular weight is 310 g/mol. The van der Waals surface area contributed by atoms with Crippen LogP contribution in [0.15, 0.2) is 42.7 Å². The topological polar surface area (TPSA) is 70.7 Å². The quantitative estimate of drug-likeness (QED) is 0.757. The van der Waals surface area contributed by atoms with Crippen LogP contribution in [0.1, 0.15) is 30.1 Å². The molecular weight excluding hydrogens is 288 g/mol. The Morgan fingerprint density at radius 1 is 1.26 bits per heavy atom. The maximum atomic E-state index is 8.00. The molecular formula is C18H22N4O. The molecule has 5 heteroatoms. The van der Waals surface area contributed by atoms with Gasteiger partial charge in [-0.05, 0) is 55.5 Å². The minimum atomic E-state index is 0.846. The summed E-state index contributed by atoms with van der Waals surface area (Å²) in [6.07, 6.45) is 6.53. The van der Waals surface area contributed by atoms with Crippen molar-refractivity contribution in [3.8, 4) is 0 Å². The Morgan fingerprint density at radius 2 is 2.04 bits per heavy atom. The van der Waals surface area contributed by atoms with Crippen LogP contribution in [-0.4, -0.2) is 28.8 Å². The van der Waals surface area contributed by atoms with Crippen LogP contribution in [0.3, 0.4) is 0 Å². The van der Waals surface area contributed by atoms with Crippen LogP contribution >= 0.6 is 0 Å². The predicted molar refractivity (Wildman–Crippen MR) is 93.7 cm³/mol. The number of nitrogens with one attached hydrogen (secondary N) is 2. The van der Waals surface area contributed by atoms with Gasteiger partial charge in [0, 0.05) is 25.1 Å². The summed E-state index contributed by atoms with van der Waals surface area (Å²) in [6.45, 7) is 3.96. The molecule has 1 aliphatic rings. The zero-order valence-corrected chi connectivity index (χ0v) is 13.5. The fraction of sp³-hybridized carbons (Fsp3) is 0.278. The van der Waals surface area contributed by atoms with Crippen LogP contribution in [0, 0.1) is 6.92 Å². The Kier molecular flexibility index (Phi) is 5.86. The van der Waals surface area contributed by atoms with E-state index in [4.69, 9.17) is 4.79 Å². The molecule has 2 N–H and O–H groups in total. The van der Waals surface area contributed by atoms with Gasteiger partial charge in [-0.1, -0.05) is 6.07 Å².